The van der Waals surface area contributed by atoms with Gasteiger partial charge < -0.3 is 11.1 Å². The molecule has 2 rings (SSSR count). The van der Waals surface area contributed by atoms with Crippen molar-refractivity contribution in [1.82, 2.24) is 5.32 Å². The minimum atomic E-state index is -0.810. The molecule has 15 heavy (non-hydrogen) atoms. The fraction of sp³-hybridized carbons (Fsp3) is 0.455. The van der Waals surface area contributed by atoms with E-state index in [1.54, 1.807) is 6.07 Å². The highest BCUT2D eigenvalue weighted by Crippen LogP contribution is 2.31. The molecule has 2 nitrogen and oxygen atoms in total. The third kappa shape index (κ3) is 1.75. The van der Waals surface area contributed by atoms with Crippen LogP contribution in [0, 0.1) is 11.6 Å². The van der Waals surface area contributed by atoms with Crippen molar-refractivity contribution in [3.05, 3.63) is 35.4 Å². The normalized spacial score (nSPS) is 30.8. The maximum absolute atomic E-state index is 13.5. The molecule has 0 saturated carbocycles. The van der Waals surface area contributed by atoms with E-state index in [1.807, 2.05) is 6.92 Å². The van der Waals surface area contributed by atoms with Gasteiger partial charge in [0, 0.05) is 24.5 Å². The molecule has 0 radical (unpaired) electrons. The highest BCUT2D eigenvalue weighted by Gasteiger charge is 2.37. The second-order valence-electron chi connectivity index (χ2n) is 4.33. The Kier molecular flexibility index (Phi) is 2.48. The molecule has 1 aliphatic rings. The van der Waals surface area contributed by atoms with Crippen LogP contribution in [0.5, 0.6) is 0 Å². The first-order chi connectivity index (χ1) is 7.02. The van der Waals surface area contributed by atoms with E-state index in [4.69, 9.17) is 5.73 Å². The van der Waals surface area contributed by atoms with Gasteiger partial charge in [-0.2, -0.15) is 0 Å². The van der Waals surface area contributed by atoms with Crippen LogP contribution in [0.1, 0.15) is 18.4 Å². The molecule has 82 valence electrons. The van der Waals surface area contributed by atoms with Crippen LogP contribution >= 0.6 is 0 Å². The summed E-state index contributed by atoms with van der Waals surface area (Å²) in [5.74, 6) is -1.76. The minimum Gasteiger partial charge on any atom is -0.324 e. The number of benzene rings is 1. The Hall–Kier alpha value is -1.00. The summed E-state index contributed by atoms with van der Waals surface area (Å²) in [7, 11) is 0. The van der Waals surface area contributed by atoms with Crippen LogP contribution in [-0.2, 0) is 0 Å². The molecular formula is C11H14F2N2. The summed E-state index contributed by atoms with van der Waals surface area (Å²) in [6.07, 6.45) is 0. The van der Waals surface area contributed by atoms with E-state index in [0.29, 0.717) is 18.7 Å². The van der Waals surface area contributed by atoms with Crippen LogP contribution in [0.4, 0.5) is 8.78 Å². The Labute approximate surface area is 87.5 Å². The fourth-order valence-corrected chi connectivity index (χ4v) is 2.10. The van der Waals surface area contributed by atoms with Gasteiger partial charge in [0.2, 0.25) is 0 Å². The lowest BCUT2D eigenvalue weighted by atomic mass is 9.84. The van der Waals surface area contributed by atoms with Gasteiger partial charge >= 0.3 is 0 Å². The molecule has 1 aromatic rings. The zero-order chi connectivity index (χ0) is 11.1. The molecule has 0 aliphatic carbocycles. The molecule has 4 heteroatoms. The Bertz CT molecular complexity index is 377. The number of nitrogens with one attached hydrogen (secondary N) is 1. The molecule has 0 aromatic heterocycles. The van der Waals surface area contributed by atoms with Gasteiger partial charge in [-0.05, 0) is 18.6 Å². The molecule has 2 atom stereocenters. The summed E-state index contributed by atoms with van der Waals surface area (Å²) in [4.78, 5) is 0. The lowest BCUT2D eigenvalue weighted by Crippen LogP contribution is -2.43. The van der Waals surface area contributed by atoms with Crippen LogP contribution < -0.4 is 11.1 Å². The Morgan fingerprint density at radius 2 is 2.20 bits per heavy atom. The van der Waals surface area contributed by atoms with E-state index in [0.717, 1.165) is 6.07 Å². The lowest BCUT2D eigenvalue weighted by Gasteiger charge is -2.26. The SMILES string of the molecule is CC1(N)CNCC1c1cccc(F)c1F. The van der Waals surface area contributed by atoms with E-state index < -0.39 is 17.2 Å². The molecule has 0 bridgehead atoms. The molecule has 1 heterocycles. The highest BCUT2D eigenvalue weighted by molar-refractivity contribution is 5.28. The standard InChI is InChI=1S/C11H14F2N2/c1-11(14)6-15-5-8(11)7-3-2-4-9(12)10(7)13/h2-4,8,15H,5-6,14H2,1H3. The Morgan fingerprint density at radius 3 is 2.80 bits per heavy atom. The third-order valence-corrected chi connectivity index (χ3v) is 3.01. The van der Waals surface area contributed by atoms with Gasteiger partial charge in [0.05, 0.1) is 0 Å². The second-order valence-corrected chi connectivity index (χ2v) is 4.33. The smallest absolute Gasteiger partial charge is 0.162 e. The largest absolute Gasteiger partial charge is 0.324 e. The summed E-state index contributed by atoms with van der Waals surface area (Å²) < 4.78 is 26.6. The second kappa shape index (κ2) is 3.54. The number of halogens is 2. The van der Waals surface area contributed by atoms with Crippen LogP contribution in [-0.4, -0.2) is 18.6 Å². The van der Waals surface area contributed by atoms with E-state index in [1.165, 1.54) is 6.07 Å². The zero-order valence-electron chi connectivity index (χ0n) is 8.56. The van der Waals surface area contributed by atoms with Gasteiger partial charge in [-0.1, -0.05) is 12.1 Å². The summed E-state index contributed by atoms with van der Waals surface area (Å²) >= 11 is 0. The quantitative estimate of drug-likeness (QED) is 0.737. The predicted octanol–water partition coefficient (Wildman–Crippen LogP) is 1.37. The van der Waals surface area contributed by atoms with Gasteiger partial charge in [-0.3, -0.25) is 0 Å². The summed E-state index contributed by atoms with van der Waals surface area (Å²) in [6, 6.07) is 4.23. The van der Waals surface area contributed by atoms with Gasteiger partial charge in [-0.15, -0.1) is 0 Å². The summed E-state index contributed by atoms with van der Waals surface area (Å²) in [6.45, 7) is 3.06. The van der Waals surface area contributed by atoms with Gasteiger partial charge in [0.1, 0.15) is 0 Å². The average molecular weight is 212 g/mol. The van der Waals surface area contributed by atoms with Gasteiger partial charge in [0.25, 0.3) is 0 Å². The number of rotatable bonds is 1. The monoisotopic (exact) mass is 212 g/mol. The molecule has 1 saturated heterocycles. The zero-order valence-corrected chi connectivity index (χ0v) is 8.56. The van der Waals surface area contributed by atoms with Crippen LogP contribution in [0.2, 0.25) is 0 Å². The number of hydrogen-bond acceptors (Lipinski definition) is 2. The molecule has 0 amide bonds. The lowest BCUT2D eigenvalue weighted by molar-refractivity contribution is 0.431. The predicted molar refractivity (Wildman–Crippen MR) is 54.6 cm³/mol. The Morgan fingerprint density at radius 1 is 1.47 bits per heavy atom. The molecule has 1 aromatic carbocycles. The fourth-order valence-electron chi connectivity index (χ4n) is 2.10. The van der Waals surface area contributed by atoms with Gasteiger partial charge in [0.15, 0.2) is 11.6 Å². The van der Waals surface area contributed by atoms with E-state index >= 15 is 0 Å². The van der Waals surface area contributed by atoms with Crippen molar-refractivity contribution in [3.63, 3.8) is 0 Å². The van der Waals surface area contributed by atoms with Crippen molar-refractivity contribution in [2.75, 3.05) is 13.1 Å². The number of hydrogen-bond donors (Lipinski definition) is 2. The summed E-state index contributed by atoms with van der Waals surface area (Å²) in [5, 5.41) is 3.09. The summed E-state index contributed by atoms with van der Waals surface area (Å²) in [5.41, 5.74) is 5.87. The van der Waals surface area contributed by atoms with Crippen molar-refractivity contribution in [3.8, 4) is 0 Å². The number of nitrogens with two attached hydrogens (primary N) is 1. The molecule has 0 spiro atoms. The molecular weight excluding hydrogens is 198 g/mol. The van der Waals surface area contributed by atoms with E-state index in [9.17, 15) is 8.78 Å². The van der Waals surface area contributed by atoms with Crippen molar-refractivity contribution >= 4 is 0 Å². The topological polar surface area (TPSA) is 38.0 Å². The van der Waals surface area contributed by atoms with Gasteiger partial charge in [-0.25, -0.2) is 8.78 Å². The molecule has 1 aliphatic heterocycles. The minimum absolute atomic E-state index is 0.173. The Balaban J connectivity index is 2.41. The molecule has 1 fully saturated rings. The van der Waals surface area contributed by atoms with Crippen LogP contribution in [0.25, 0.3) is 0 Å². The average Bonchev–Trinajstić information content (AvgIpc) is 2.50. The molecule has 2 unspecified atom stereocenters. The van der Waals surface area contributed by atoms with Crippen molar-refractivity contribution in [2.24, 2.45) is 5.73 Å². The van der Waals surface area contributed by atoms with Crippen LogP contribution in [0.15, 0.2) is 18.2 Å². The first-order valence-corrected chi connectivity index (χ1v) is 4.96. The van der Waals surface area contributed by atoms with Crippen LogP contribution in [0.3, 0.4) is 0 Å². The van der Waals surface area contributed by atoms with Crippen molar-refractivity contribution in [1.29, 1.82) is 0 Å². The van der Waals surface area contributed by atoms with Crippen molar-refractivity contribution in [2.45, 2.75) is 18.4 Å². The van der Waals surface area contributed by atoms with Crippen molar-refractivity contribution < 1.29 is 8.78 Å². The maximum Gasteiger partial charge on any atom is 0.162 e. The van der Waals surface area contributed by atoms with E-state index in [2.05, 4.69) is 5.32 Å². The highest BCUT2D eigenvalue weighted by atomic mass is 19.2. The first-order valence-electron chi connectivity index (χ1n) is 4.96. The molecule has 3 N–H and O–H groups in total. The first kappa shape index (κ1) is 10.5. The van der Waals surface area contributed by atoms with E-state index in [-0.39, 0.29) is 5.92 Å². The maximum atomic E-state index is 13.5. The third-order valence-electron chi connectivity index (χ3n) is 3.01.